The molecule has 2 aromatic carbocycles. The van der Waals surface area contributed by atoms with Gasteiger partial charge in [0.1, 0.15) is 0 Å². The summed E-state index contributed by atoms with van der Waals surface area (Å²) >= 11 is 0. The van der Waals surface area contributed by atoms with Crippen LogP contribution in [-0.2, 0) is 22.4 Å². The van der Waals surface area contributed by atoms with E-state index < -0.39 is 0 Å². The van der Waals surface area contributed by atoms with Crippen LogP contribution in [-0.4, -0.2) is 0 Å². The van der Waals surface area contributed by atoms with Crippen molar-refractivity contribution in [3.63, 3.8) is 0 Å². The zero-order chi connectivity index (χ0) is 8.67. The van der Waals surface area contributed by atoms with Gasteiger partial charge in [0.2, 0.25) is 0 Å². The second-order valence-electron chi connectivity index (χ2n) is 3.23. The Morgan fingerprint density at radius 1 is 0.929 bits per heavy atom. The third-order valence-electron chi connectivity index (χ3n) is 2.44. The first-order chi connectivity index (χ1) is 6.45. The van der Waals surface area contributed by atoms with Crippen molar-refractivity contribution in [2.45, 2.75) is 0 Å². The van der Waals surface area contributed by atoms with Crippen LogP contribution in [0.5, 0.6) is 0 Å². The summed E-state index contributed by atoms with van der Waals surface area (Å²) in [6, 6.07) is 13.1. The minimum atomic E-state index is 0. The molecule has 1 radical (unpaired) electrons. The molecule has 0 nitrogen and oxygen atoms in total. The fraction of sp³-hybridized carbons (Fsp3) is 0. The standard InChI is InChI=1S/C12H9P.Au/c1-3-9-5-2-6-11-12(9)10(4-1)7-8-13-11;/h1-8,13H;. The third-order valence-corrected chi connectivity index (χ3v) is 3.50. The Labute approximate surface area is 101 Å². The van der Waals surface area contributed by atoms with E-state index in [0.717, 1.165) is 8.58 Å². The molecule has 14 heavy (non-hydrogen) atoms. The zero-order valence-electron chi connectivity index (χ0n) is 7.42. The van der Waals surface area contributed by atoms with E-state index in [2.05, 4.69) is 48.3 Å². The van der Waals surface area contributed by atoms with E-state index in [4.69, 9.17) is 0 Å². The Morgan fingerprint density at radius 3 is 2.57 bits per heavy atom. The Balaban J connectivity index is 0.000000750. The van der Waals surface area contributed by atoms with Crippen LogP contribution in [0.1, 0.15) is 5.56 Å². The fourth-order valence-corrected chi connectivity index (χ4v) is 2.92. The quantitative estimate of drug-likeness (QED) is 0.486. The van der Waals surface area contributed by atoms with Gasteiger partial charge in [0.05, 0.1) is 0 Å². The van der Waals surface area contributed by atoms with Crippen LogP contribution >= 0.6 is 8.58 Å². The van der Waals surface area contributed by atoms with Crippen LogP contribution in [0.4, 0.5) is 0 Å². The van der Waals surface area contributed by atoms with Crippen LogP contribution in [0.25, 0.3) is 16.8 Å². The van der Waals surface area contributed by atoms with E-state index in [1.807, 2.05) is 0 Å². The minimum Gasteiger partial charge on any atom is -0.0662 e. The van der Waals surface area contributed by atoms with Crippen LogP contribution in [0.2, 0.25) is 0 Å². The molecule has 3 rings (SSSR count). The SMILES string of the molecule is C1=Cc2cccc3cccc(c23)P1.[Au]. The van der Waals surface area contributed by atoms with Gasteiger partial charge in [-0.3, -0.25) is 0 Å². The molecule has 0 fully saturated rings. The van der Waals surface area contributed by atoms with Crippen LogP contribution in [0.3, 0.4) is 0 Å². The first-order valence-corrected chi connectivity index (χ1v) is 5.48. The van der Waals surface area contributed by atoms with Gasteiger partial charge in [-0.2, -0.15) is 0 Å². The molecule has 1 aliphatic rings. The molecule has 0 spiro atoms. The summed E-state index contributed by atoms with van der Waals surface area (Å²) in [6.45, 7) is 0. The smallest absolute Gasteiger partial charge is 0 e. The maximum atomic E-state index is 2.26. The maximum Gasteiger partial charge on any atom is 0 e. The number of hydrogen-bond acceptors (Lipinski definition) is 0. The van der Waals surface area contributed by atoms with Gasteiger partial charge in [0.15, 0.2) is 0 Å². The molecule has 1 unspecified atom stereocenters. The molecular formula is C12H9AuP. The summed E-state index contributed by atoms with van der Waals surface area (Å²) in [6.07, 6.45) is 2.23. The number of rotatable bonds is 0. The predicted molar refractivity (Wildman–Crippen MR) is 60.9 cm³/mol. The van der Waals surface area contributed by atoms with Crippen LogP contribution < -0.4 is 5.30 Å². The Hall–Kier alpha value is -0.390. The second kappa shape index (κ2) is 4.00. The number of benzene rings is 2. The van der Waals surface area contributed by atoms with Crippen molar-refractivity contribution in [2.24, 2.45) is 0 Å². The van der Waals surface area contributed by atoms with E-state index >= 15 is 0 Å². The first-order valence-electron chi connectivity index (χ1n) is 4.40. The average molecular weight is 381 g/mol. The third kappa shape index (κ3) is 1.49. The van der Waals surface area contributed by atoms with Gasteiger partial charge < -0.3 is 0 Å². The van der Waals surface area contributed by atoms with Crippen molar-refractivity contribution in [2.75, 3.05) is 0 Å². The Kier molecular flexibility index (Phi) is 2.90. The molecule has 1 atom stereocenters. The monoisotopic (exact) mass is 381 g/mol. The Bertz CT molecular complexity index is 497. The van der Waals surface area contributed by atoms with E-state index in [1.165, 1.54) is 21.6 Å². The molecule has 0 aromatic heterocycles. The van der Waals surface area contributed by atoms with Gasteiger partial charge >= 0.3 is 0 Å². The Morgan fingerprint density at radius 2 is 1.71 bits per heavy atom. The van der Waals surface area contributed by atoms with Gasteiger partial charge in [0.25, 0.3) is 0 Å². The molecule has 1 aliphatic heterocycles. The predicted octanol–water partition coefficient (Wildman–Crippen LogP) is 3.13. The van der Waals surface area contributed by atoms with E-state index in [1.54, 1.807) is 0 Å². The van der Waals surface area contributed by atoms with Gasteiger partial charge in [-0.25, -0.2) is 0 Å². The summed E-state index contributed by atoms with van der Waals surface area (Å²) < 4.78 is 0. The molecule has 1 heterocycles. The second-order valence-corrected chi connectivity index (χ2v) is 4.39. The maximum absolute atomic E-state index is 2.26. The summed E-state index contributed by atoms with van der Waals surface area (Å²) in [5.74, 6) is 2.26. The van der Waals surface area contributed by atoms with Crippen molar-refractivity contribution in [1.82, 2.24) is 0 Å². The first kappa shape index (κ1) is 10.1. The van der Waals surface area contributed by atoms with Crippen molar-refractivity contribution in [3.8, 4) is 0 Å². The van der Waals surface area contributed by atoms with E-state index in [-0.39, 0.29) is 22.4 Å². The molecule has 2 heteroatoms. The number of hydrogen-bond donors (Lipinski definition) is 0. The van der Waals surface area contributed by atoms with Gasteiger partial charge in [0, 0.05) is 22.4 Å². The molecule has 73 valence electrons. The van der Waals surface area contributed by atoms with Crippen LogP contribution in [0, 0.1) is 0 Å². The minimum absolute atomic E-state index is 0. The molecule has 0 N–H and O–H groups in total. The van der Waals surface area contributed by atoms with Crippen LogP contribution in [0.15, 0.2) is 42.2 Å². The summed E-state index contributed by atoms with van der Waals surface area (Å²) in [7, 11) is 0.837. The van der Waals surface area contributed by atoms with Crippen molar-refractivity contribution in [3.05, 3.63) is 47.8 Å². The van der Waals surface area contributed by atoms with Crippen molar-refractivity contribution < 1.29 is 22.4 Å². The van der Waals surface area contributed by atoms with E-state index in [0.29, 0.717) is 0 Å². The zero-order valence-corrected chi connectivity index (χ0v) is 10.6. The molecule has 0 bridgehead atoms. The van der Waals surface area contributed by atoms with E-state index in [9.17, 15) is 0 Å². The fourth-order valence-electron chi connectivity index (χ4n) is 1.85. The average Bonchev–Trinajstić information content (AvgIpc) is 2.19. The topological polar surface area (TPSA) is 0 Å². The van der Waals surface area contributed by atoms with Gasteiger partial charge in [-0.05, 0) is 21.6 Å². The normalized spacial score (nSPS) is 14.3. The molecule has 2 aromatic rings. The molecule has 0 amide bonds. The molecule has 0 saturated heterocycles. The van der Waals surface area contributed by atoms with Gasteiger partial charge in [-0.1, -0.05) is 56.9 Å². The van der Waals surface area contributed by atoms with Crippen molar-refractivity contribution in [1.29, 1.82) is 0 Å². The summed E-state index contributed by atoms with van der Waals surface area (Å²) in [5, 5.41) is 4.30. The largest absolute Gasteiger partial charge is 0.0662 e. The van der Waals surface area contributed by atoms with Crippen molar-refractivity contribution >= 4 is 30.7 Å². The summed E-state index contributed by atoms with van der Waals surface area (Å²) in [5.41, 5.74) is 1.37. The summed E-state index contributed by atoms with van der Waals surface area (Å²) in [4.78, 5) is 0. The molecular weight excluding hydrogens is 372 g/mol. The molecule has 0 aliphatic carbocycles. The van der Waals surface area contributed by atoms with Gasteiger partial charge in [-0.15, -0.1) is 0 Å². The molecule has 0 saturated carbocycles.